The number of hydrogen-bond donors (Lipinski definition) is 1. The van der Waals surface area contributed by atoms with Gasteiger partial charge in [0.25, 0.3) is 5.89 Å². The Morgan fingerprint density at radius 1 is 1.22 bits per heavy atom. The van der Waals surface area contributed by atoms with Crippen LogP contribution >= 0.6 is 0 Å². The van der Waals surface area contributed by atoms with Crippen LogP contribution in [0.1, 0.15) is 54.9 Å². The zero-order valence-corrected chi connectivity index (χ0v) is 18.2. The molecular formula is C22H22F3N3O4. The van der Waals surface area contributed by atoms with Gasteiger partial charge in [-0.25, -0.2) is 4.79 Å². The summed E-state index contributed by atoms with van der Waals surface area (Å²) in [5.41, 5.74) is -1.84. The molecule has 170 valence electrons. The maximum Gasteiger partial charge on any atom is 0.418 e. The van der Waals surface area contributed by atoms with Crippen LogP contribution in [-0.4, -0.2) is 32.8 Å². The molecule has 0 aliphatic carbocycles. The standard InChI is InChI=1S/C22H22F3N3O4/c1-6-31-20(30)13-10-26-11(2)16(17(13)22(23,24)25)18-27-19(32-28-18)12-7-8-15(29)14(9-12)21(3,4)5/h7-10,29H,6H2,1-5H3. The Balaban J connectivity index is 2.18. The molecule has 0 unspecified atom stereocenters. The molecule has 1 N–H and O–H groups in total. The Labute approximate surface area is 182 Å². The number of alkyl halides is 3. The zero-order chi connectivity index (χ0) is 23.8. The summed E-state index contributed by atoms with van der Waals surface area (Å²) >= 11 is 0. The molecular weight excluding hydrogens is 427 g/mol. The highest BCUT2D eigenvalue weighted by molar-refractivity contribution is 5.93. The van der Waals surface area contributed by atoms with E-state index in [1.54, 1.807) is 6.07 Å². The van der Waals surface area contributed by atoms with Gasteiger partial charge in [0.05, 0.1) is 23.3 Å². The van der Waals surface area contributed by atoms with Gasteiger partial charge < -0.3 is 14.4 Å². The van der Waals surface area contributed by atoms with Crippen molar-refractivity contribution in [3.05, 3.63) is 46.8 Å². The van der Waals surface area contributed by atoms with Crippen molar-refractivity contribution in [2.45, 2.75) is 46.2 Å². The molecule has 32 heavy (non-hydrogen) atoms. The van der Waals surface area contributed by atoms with Crippen molar-refractivity contribution >= 4 is 5.97 Å². The smallest absolute Gasteiger partial charge is 0.418 e. The molecule has 3 aromatic rings. The number of esters is 1. The third-order valence-corrected chi connectivity index (χ3v) is 4.75. The monoisotopic (exact) mass is 449 g/mol. The molecule has 3 rings (SSSR count). The van der Waals surface area contributed by atoms with Gasteiger partial charge in [-0.1, -0.05) is 25.9 Å². The minimum atomic E-state index is -4.90. The number of ether oxygens (including phenoxy) is 1. The summed E-state index contributed by atoms with van der Waals surface area (Å²) in [6.07, 6.45) is -4.07. The number of nitrogens with zero attached hydrogens (tertiary/aromatic N) is 3. The average Bonchev–Trinajstić information content (AvgIpc) is 3.16. The number of phenolic OH excluding ortho intramolecular Hbond substituents is 1. The molecule has 2 heterocycles. The molecule has 10 heteroatoms. The lowest BCUT2D eigenvalue weighted by Crippen LogP contribution is -2.18. The van der Waals surface area contributed by atoms with Crippen LogP contribution in [0.3, 0.4) is 0 Å². The van der Waals surface area contributed by atoms with E-state index in [-0.39, 0.29) is 29.8 Å². The molecule has 0 saturated heterocycles. The fourth-order valence-electron chi connectivity index (χ4n) is 3.25. The average molecular weight is 449 g/mol. The topological polar surface area (TPSA) is 98.3 Å². The highest BCUT2D eigenvalue weighted by Gasteiger charge is 2.41. The number of phenols is 1. The number of aryl methyl sites for hydroxylation is 1. The summed E-state index contributed by atoms with van der Waals surface area (Å²) in [5.74, 6) is -1.48. The number of pyridine rings is 1. The van der Waals surface area contributed by atoms with Crippen LogP contribution in [0.4, 0.5) is 13.2 Å². The van der Waals surface area contributed by atoms with Crippen LogP contribution in [0.5, 0.6) is 5.75 Å². The molecule has 0 saturated carbocycles. The highest BCUT2D eigenvalue weighted by Crippen LogP contribution is 2.41. The quantitative estimate of drug-likeness (QED) is 0.539. The minimum absolute atomic E-state index is 0.0289. The fourth-order valence-corrected chi connectivity index (χ4v) is 3.25. The maximum absolute atomic E-state index is 14.0. The Hall–Kier alpha value is -3.43. The second kappa shape index (κ2) is 8.25. The van der Waals surface area contributed by atoms with Crippen LogP contribution < -0.4 is 0 Å². The van der Waals surface area contributed by atoms with E-state index in [0.29, 0.717) is 11.1 Å². The predicted molar refractivity (Wildman–Crippen MR) is 109 cm³/mol. The lowest BCUT2D eigenvalue weighted by molar-refractivity contribution is -0.137. The van der Waals surface area contributed by atoms with Crippen molar-refractivity contribution in [3.63, 3.8) is 0 Å². The summed E-state index contributed by atoms with van der Waals surface area (Å²) in [7, 11) is 0. The summed E-state index contributed by atoms with van der Waals surface area (Å²) in [4.78, 5) is 20.2. The summed E-state index contributed by atoms with van der Waals surface area (Å²) < 4.78 is 51.9. The number of carbonyl (C=O) groups is 1. The first-order chi connectivity index (χ1) is 14.8. The number of aromatic hydroxyl groups is 1. The van der Waals surface area contributed by atoms with Crippen molar-refractivity contribution in [1.29, 1.82) is 0 Å². The van der Waals surface area contributed by atoms with E-state index >= 15 is 0 Å². The Morgan fingerprint density at radius 3 is 2.50 bits per heavy atom. The number of benzene rings is 1. The zero-order valence-electron chi connectivity index (χ0n) is 18.2. The number of aromatic nitrogens is 3. The first-order valence-corrected chi connectivity index (χ1v) is 9.76. The lowest BCUT2D eigenvalue weighted by atomic mass is 9.85. The first kappa shape index (κ1) is 23.2. The van der Waals surface area contributed by atoms with Gasteiger partial charge in [0.2, 0.25) is 5.82 Å². The third kappa shape index (κ3) is 4.44. The normalized spacial score (nSPS) is 12.1. The van der Waals surface area contributed by atoms with E-state index in [1.165, 1.54) is 26.0 Å². The second-order valence-corrected chi connectivity index (χ2v) is 8.13. The van der Waals surface area contributed by atoms with Crippen LogP contribution in [0, 0.1) is 6.92 Å². The third-order valence-electron chi connectivity index (χ3n) is 4.75. The maximum atomic E-state index is 14.0. The molecule has 0 radical (unpaired) electrons. The van der Waals surface area contributed by atoms with Gasteiger partial charge in [-0.15, -0.1) is 0 Å². The fraction of sp³-hybridized carbons (Fsp3) is 0.364. The molecule has 0 aliphatic rings. The summed E-state index contributed by atoms with van der Waals surface area (Å²) in [6.45, 7) is 8.45. The van der Waals surface area contributed by atoms with Crippen LogP contribution in [-0.2, 0) is 16.3 Å². The lowest BCUT2D eigenvalue weighted by Gasteiger charge is -2.20. The van der Waals surface area contributed by atoms with E-state index < -0.39 is 34.3 Å². The molecule has 0 aliphatic heterocycles. The largest absolute Gasteiger partial charge is 0.508 e. The number of hydrogen-bond acceptors (Lipinski definition) is 7. The molecule has 0 fully saturated rings. The van der Waals surface area contributed by atoms with E-state index in [1.807, 2.05) is 20.8 Å². The SMILES string of the molecule is CCOC(=O)c1cnc(C)c(-c2noc(-c3ccc(O)c(C(C)(C)C)c3)n2)c1C(F)(F)F. The highest BCUT2D eigenvalue weighted by atomic mass is 19.4. The molecule has 1 aromatic carbocycles. The van der Waals surface area contributed by atoms with Crippen molar-refractivity contribution in [2.75, 3.05) is 6.61 Å². The Bertz CT molecular complexity index is 1160. The van der Waals surface area contributed by atoms with Crippen LogP contribution in [0.15, 0.2) is 28.9 Å². The van der Waals surface area contributed by atoms with Gasteiger partial charge >= 0.3 is 12.1 Å². The van der Waals surface area contributed by atoms with Crippen molar-refractivity contribution < 1.29 is 32.3 Å². The predicted octanol–water partition coefficient (Wildman–Crippen LogP) is 5.31. The van der Waals surface area contributed by atoms with Gasteiger partial charge in [-0.3, -0.25) is 4.98 Å². The summed E-state index contributed by atoms with van der Waals surface area (Å²) in [5, 5.41) is 13.9. The van der Waals surface area contributed by atoms with Gasteiger partial charge in [0, 0.05) is 23.0 Å². The number of halogens is 3. The molecule has 0 bridgehead atoms. The van der Waals surface area contributed by atoms with Crippen LogP contribution in [0.2, 0.25) is 0 Å². The molecule has 0 spiro atoms. The van der Waals surface area contributed by atoms with Crippen molar-refractivity contribution in [3.8, 4) is 28.6 Å². The molecule has 0 amide bonds. The van der Waals surface area contributed by atoms with E-state index in [0.717, 1.165) is 6.20 Å². The Morgan fingerprint density at radius 2 is 1.91 bits per heavy atom. The van der Waals surface area contributed by atoms with Crippen molar-refractivity contribution in [1.82, 2.24) is 15.1 Å². The van der Waals surface area contributed by atoms with Gasteiger partial charge in [0.15, 0.2) is 0 Å². The van der Waals surface area contributed by atoms with Gasteiger partial charge in [-0.05, 0) is 37.5 Å². The van der Waals surface area contributed by atoms with Crippen molar-refractivity contribution in [2.24, 2.45) is 0 Å². The first-order valence-electron chi connectivity index (χ1n) is 9.76. The van der Waals surface area contributed by atoms with E-state index in [4.69, 9.17) is 9.26 Å². The Kier molecular flexibility index (Phi) is 5.99. The number of carbonyl (C=O) groups excluding carboxylic acids is 1. The summed E-state index contributed by atoms with van der Waals surface area (Å²) in [6, 6.07) is 4.61. The molecule has 0 atom stereocenters. The van der Waals surface area contributed by atoms with Gasteiger partial charge in [-0.2, -0.15) is 18.2 Å². The van der Waals surface area contributed by atoms with E-state index in [9.17, 15) is 23.1 Å². The minimum Gasteiger partial charge on any atom is -0.508 e. The number of rotatable bonds is 4. The van der Waals surface area contributed by atoms with Crippen LogP contribution in [0.25, 0.3) is 22.8 Å². The molecule has 7 nitrogen and oxygen atoms in total. The molecule has 2 aromatic heterocycles. The van der Waals surface area contributed by atoms with E-state index in [2.05, 4.69) is 15.1 Å². The second-order valence-electron chi connectivity index (χ2n) is 8.13. The van der Waals surface area contributed by atoms with Gasteiger partial charge in [0.1, 0.15) is 5.75 Å².